The number of halogens is 1. The molecule has 0 saturated carbocycles. The molecule has 0 radical (unpaired) electrons. The largest absolute Gasteiger partial charge is 0.379 e. The van der Waals surface area contributed by atoms with Crippen LogP contribution in [0.4, 0.5) is 4.39 Å². The minimum Gasteiger partial charge on any atom is -0.379 e. The number of benzene rings is 1. The van der Waals surface area contributed by atoms with Gasteiger partial charge >= 0.3 is 0 Å². The summed E-state index contributed by atoms with van der Waals surface area (Å²) in [6.45, 7) is 7.63. The van der Waals surface area contributed by atoms with Gasteiger partial charge in [0.1, 0.15) is 5.82 Å². The summed E-state index contributed by atoms with van der Waals surface area (Å²) < 4.78 is 18.7. The van der Waals surface area contributed by atoms with Crippen LogP contribution in [0.15, 0.2) is 24.3 Å². The van der Waals surface area contributed by atoms with E-state index < -0.39 is 0 Å². The van der Waals surface area contributed by atoms with Gasteiger partial charge in [-0.2, -0.15) is 0 Å². The van der Waals surface area contributed by atoms with Gasteiger partial charge in [-0.05, 0) is 38.0 Å². The van der Waals surface area contributed by atoms with E-state index in [2.05, 4.69) is 24.2 Å². The molecule has 0 spiro atoms. The van der Waals surface area contributed by atoms with Gasteiger partial charge in [-0.1, -0.05) is 12.1 Å². The lowest BCUT2D eigenvalue weighted by molar-refractivity contribution is -0.0233. The monoisotopic (exact) mass is 281 g/mol. The Kier molecular flexibility index (Phi) is 5.10. The zero-order chi connectivity index (χ0) is 14.6. The third-order valence-electron chi connectivity index (χ3n) is 4.21. The van der Waals surface area contributed by atoms with Crippen molar-refractivity contribution in [1.82, 2.24) is 10.3 Å². The van der Waals surface area contributed by atoms with Crippen molar-refractivity contribution in [3.63, 3.8) is 0 Å². The number of rotatable bonds is 5. The van der Waals surface area contributed by atoms with Gasteiger partial charge in [0.25, 0.3) is 0 Å². The molecule has 1 aromatic rings. The molecule has 112 valence electrons. The fourth-order valence-corrected chi connectivity index (χ4v) is 2.77. The molecule has 1 fully saturated rings. The lowest BCUT2D eigenvalue weighted by Gasteiger charge is -2.45. The number of nitrogens with zero attached hydrogens (tertiary/aromatic N) is 1. The summed E-state index contributed by atoms with van der Waals surface area (Å²) in [6, 6.07) is 6.74. The fraction of sp³-hybridized carbons (Fsp3) is 0.600. The summed E-state index contributed by atoms with van der Waals surface area (Å²) >= 11 is 0. The average molecular weight is 281 g/mol. The fourth-order valence-electron chi connectivity index (χ4n) is 2.77. The molecule has 0 bridgehead atoms. The molecule has 0 aliphatic carbocycles. The molecule has 1 saturated heterocycles. The van der Waals surface area contributed by atoms with Crippen molar-refractivity contribution in [1.29, 1.82) is 0 Å². The van der Waals surface area contributed by atoms with Crippen LogP contribution in [0.5, 0.6) is 0 Å². The van der Waals surface area contributed by atoms with Crippen LogP contribution in [0.2, 0.25) is 0 Å². The Labute approximate surface area is 120 Å². The maximum Gasteiger partial charge on any atom is 0.123 e. The van der Waals surface area contributed by atoms with Crippen molar-refractivity contribution in [3.05, 3.63) is 35.6 Å². The van der Waals surface area contributed by atoms with E-state index in [-0.39, 0.29) is 17.4 Å². The number of hydrazine groups is 1. The van der Waals surface area contributed by atoms with Crippen molar-refractivity contribution in [2.75, 3.05) is 26.3 Å². The first-order valence-electron chi connectivity index (χ1n) is 7.07. The molecule has 1 unspecified atom stereocenters. The van der Waals surface area contributed by atoms with Crippen LogP contribution in [-0.4, -0.2) is 42.8 Å². The molecule has 3 N–H and O–H groups in total. The van der Waals surface area contributed by atoms with Crippen LogP contribution in [-0.2, 0) is 11.2 Å². The van der Waals surface area contributed by atoms with E-state index in [1.165, 1.54) is 6.07 Å². The zero-order valence-electron chi connectivity index (χ0n) is 12.2. The van der Waals surface area contributed by atoms with Gasteiger partial charge < -0.3 is 4.74 Å². The molecule has 4 nitrogen and oxygen atoms in total. The van der Waals surface area contributed by atoms with Crippen molar-refractivity contribution >= 4 is 0 Å². The van der Waals surface area contributed by atoms with Gasteiger partial charge in [-0.15, -0.1) is 0 Å². The molecular weight excluding hydrogens is 257 g/mol. The predicted molar refractivity (Wildman–Crippen MR) is 77.7 cm³/mol. The Morgan fingerprint density at radius 2 is 2.10 bits per heavy atom. The Morgan fingerprint density at radius 1 is 1.40 bits per heavy atom. The Bertz CT molecular complexity index is 433. The summed E-state index contributed by atoms with van der Waals surface area (Å²) in [5.74, 6) is 5.54. The van der Waals surface area contributed by atoms with E-state index >= 15 is 0 Å². The summed E-state index contributed by atoms with van der Waals surface area (Å²) in [6.07, 6.45) is 0.693. The molecule has 1 aliphatic heterocycles. The number of hydrogen-bond acceptors (Lipinski definition) is 4. The highest BCUT2D eigenvalue weighted by Gasteiger charge is 2.35. The standard InChI is InChI=1S/C15H24FN3O/c1-15(2,19-6-8-20-9-7-19)14(18-17)11-12-4-3-5-13(16)10-12/h3-5,10,14,18H,6-9,11,17H2,1-2H3. The Balaban J connectivity index is 2.09. The normalized spacial score (nSPS) is 19.0. The van der Waals surface area contributed by atoms with Crippen LogP contribution in [0.25, 0.3) is 0 Å². The van der Waals surface area contributed by atoms with Crippen LogP contribution in [0.1, 0.15) is 19.4 Å². The lowest BCUT2D eigenvalue weighted by atomic mass is 9.87. The maximum atomic E-state index is 13.3. The highest BCUT2D eigenvalue weighted by atomic mass is 19.1. The van der Waals surface area contributed by atoms with Crippen molar-refractivity contribution < 1.29 is 9.13 Å². The minimum atomic E-state index is -0.206. The second-order valence-electron chi connectivity index (χ2n) is 5.81. The first-order valence-corrected chi connectivity index (χ1v) is 7.07. The number of hydrogen-bond donors (Lipinski definition) is 2. The van der Waals surface area contributed by atoms with Gasteiger partial charge in [0.2, 0.25) is 0 Å². The smallest absolute Gasteiger partial charge is 0.123 e. The molecule has 5 heteroatoms. The molecule has 0 amide bonds. The third kappa shape index (κ3) is 3.55. The first-order chi connectivity index (χ1) is 9.54. The zero-order valence-corrected chi connectivity index (χ0v) is 12.2. The molecule has 1 atom stereocenters. The molecular formula is C15H24FN3O. The minimum absolute atomic E-state index is 0.0439. The first kappa shape index (κ1) is 15.4. The predicted octanol–water partition coefficient (Wildman–Crippen LogP) is 1.31. The average Bonchev–Trinajstić information content (AvgIpc) is 2.45. The summed E-state index contributed by atoms with van der Waals surface area (Å²) in [5.41, 5.74) is 3.74. The van der Waals surface area contributed by atoms with E-state index in [0.29, 0.717) is 6.42 Å². The van der Waals surface area contributed by atoms with Gasteiger partial charge in [0, 0.05) is 24.7 Å². The molecule has 1 aromatic carbocycles. The van der Waals surface area contributed by atoms with Crippen LogP contribution >= 0.6 is 0 Å². The van der Waals surface area contributed by atoms with Gasteiger partial charge in [0.15, 0.2) is 0 Å². The SMILES string of the molecule is CC(C)(C(Cc1cccc(F)c1)NN)N1CCOCC1. The van der Waals surface area contributed by atoms with Crippen molar-refractivity contribution in [3.8, 4) is 0 Å². The second kappa shape index (κ2) is 6.63. The number of morpholine rings is 1. The van der Waals surface area contributed by atoms with Gasteiger partial charge in [0.05, 0.1) is 13.2 Å². The van der Waals surface area contributed by atoms with E-state index in [4.69, 9.17) is 10.6 Å². The highest BCUT2D eigenvalue weighted by Crippen LogP contribution is 2.23. The maximum absolute atomic E-state index is 13.3. The number of nitrogens with one attached hydrogen (secondary N) is 1. The molecule has 1 aliphatic rings. The lowest BCUT2D eigenvalue weighted by Crippen LogP contribution is -2.62. The third-order valence-corrected chi connectivity index (χ3v) is 4.21. The van der Waals surface area contributed by atoms with E-state index in [9.17, 15) is 4.39 Å². The molecule has 1 heterocycles. The second-order valence-corrected chi connectivity index (χ2v) is 5.81. The van der Waals surface area contributed by atoms with Gasteiger partial charge in [-0.25, -0.2) is 4.39 Å². The van der Waals surface area contributed by atoms with E-state index in [0.717, 1.165) is 31.9 Å². The number of ether oxygens (including phenoxy) is 1. The highest BCUT2D eigenvalue weighted by molar-refractivity contribution is 5.18. The van der Waals surface area contributed by atoms with Crippen LogP contribution < -0.4 is 11.3 Å². The summed E-state index contributed by atoms with van der Waals surface area (Å²) in [5, 5.41) is 0. The van der Waals surface area contributed by atoms with Crippen LogP contribution in [0.3, 0.4) is 0 Å². The quantitative estimate of drug-likeness (QED) is 0.631. The topological polar surface area (TPSA) is 50.5 Å². The molecule has 0 aromatic heterocycles. The summed E-state index contributed by atoms with van der Waals surface area (Å²) in [4.78, 5) is 2.38. The van der Waals surface area contributed by atoms with Gasteiger partial charge in [-0.3, -0.25) is 16.2 Å². The Morgan fingerprint density at radius 3 is 2.70 bits per heavy atom. The molecule has 2 rings (SSSR count). The molecule has 20 heavy (non-hydrogen) atoms. The van der Waals surface area contributed by atoms with Crippen molar-refractivity contribution in [2.24, 2.45) is 5.84 Å². The van der Waals surface area contributed by atoms with Crippen LogP contribution in [0, 0.1) is 5.82 Å². The van der Waals surface area contributed by atoms with Crippen molar-refractivity contribution in [2.45, 2.75) is 31.8 Å². The summed E-state index contributed by atoms with van der Waals surface area (Å²) in [7, 11) is 0. The van der Waals surface area contributed by atoms with E-state index in [1.54, 1.807) is 12.1 Å². The number of nitrogens with two attached hydrogens (primary N) is 1. The Hall–Kier alpha value is -1.01. The van der Waals surface area contributed by atoms with E-state index in [1.807, 2.05) is 6.07 Å².